The van der Waals surface area contributed by atoms with Crippen molar-refractivity contribution in [2.75, 3.05) is 11.9 Å². The number of nitrogens with zero attached hydrogens (tertiary/aromatic N) is 2. The number of halogens is 1. The number of hydrogen-bond donors (Lipinski definition) is 1. The van der Waals surface area contributed by atoms with Crippen molar-refractivity contribution in [2.45, 2.75) is 13.3 Å². The van der Waals surface area contributed by atoms with E-state index in [0.717, 1.165) is 0 Å². The maximum absolute atomic E-state index is 13.5. The molecular weight excluding hydrogens is 245 g/mol. The Morgan fingerprint density at radius 2 is 2.00 bits per heavy atom. The molecule has 2 rings (SSSR count). The van der Waals surface area contributed by atoms with Crippen molar-refractivity contribution in [3.05, 3.63) is 42.2 Å². The predicted molar refractivity (Wildman–Crippen MR) is 71.2 cm³/mol. The van der Waals surface area contributed by atoms with Crippen molar-refractivity contribution in [2.24, 2.45) is 0 Å². The second-order valence-electron chi connectivity index (χ2n) is 4.16. The molecule has 2 aromatic rings. The van der Waals surface area contributed by atoms with Gasteiger partial charge in [-0.2, -0.15) is 0 Å². The maximum Gasteiger partial charge on any atom is 0.148 e. The van der Waals surface area contributed by atoms with Crippen molar-refractivity contribution in [3.8, 4) is 11.3 Å². The van der Waals surface area contributed by atoms with Gasteiger partial charge in [-0.15, -0.1) is 10.2 Å². The van der Waals surface area contributed by atoms with E-state index in [4.69, 9.17) is 0 Å². The SMILES string of the molecule is CC(=O)CCNc1ccc(-c2ccccc2F)nn1. The third-order valence-electron chi connectivity index (χ3n) is 2.60. The molecule has 0 aliphatic rings. The van der Waals surface area contributed by atoms with Gasteiger partial charge in [0.1, 0.15) is 17.4 Å². The molecule has 0 bridgehead atoms. The van der Waals surface area contributed by atoms with Gasteiger partial charge in [0, 0.05) is 18.5 Å². The van der Waals surface area contributed by atoms with Gasteiger partial charge >= 0.3 is 0 Å². The summed E-state index contributed by atoms with van der Waals surface area (Å²) in [7, 11) is 0. The van der Waals surface area contributed by atoms with Crippen LogP contribution < -0.4 is 5.32 Å². The van der Waals surface area contributed by atoms with E-state index in [-0.39, 0.29) is 11.6 Å². The van der Waals surface area contributed by atoms with E-state index in [1.54, 1.807) is 30.3 Å². The standard InChI is InChI=1S/C14H14FN3O/c1-10(19)8-9-16-14-7-6-13(17-18-14)11-4-2-3-5-12(11)15/h2-7H,8-9H2,1H3,(H,16,18). The Balaban J connectivity index is 2.06. The van der Waals surface area contributed by atoms with Gasteiger partial charge in [-0.25, -0.2) is 4.39 Å². The summed E-state index contributed by atoms with van der Waals surface area (Å²) >= 11 is 0. The molecule has 1 N–H and O–H groups in total. The number of rotatable bonds is 5. The number of benzene rings is 1. The van der Waals surface area contributed by atoms with E-state index in [1.807, 2.05) is 0 Å². The topological polar surface area (TPSA) is 54.9 Å². The first-order chi connectivity index (χ1) is 9.16. The Morgan fingerprint density at radius 3 is 2.63 bits per heavy atom. The van der Waals surface area contributed by atoms with Crippen LogP contribution in [0.1, 0.15) is 13.3 Å². The first kappa shape index (κ1) is 13.1. The minimum Gasteiger partial charge on any atom is -0.368 e. The van der Waals surface area contributed by atoms with E-state index < -0.39 is 0 Å². The maximum atomic E-state index is 13.5. The fraction of sp³-hybridized carbons (Fsp3) is 0.214. The van der Waals surface area contributed by atoms with Gasteiger partial charge in [0.25, 0.3) is 0 Å². The molecule has 1 heterocycles. The van der Waals surface area contributed by atoms with Gasteiger partial charge in [0.2, 0.25) is 0 Å². The summed E-state index contributed by atoms with van der Waals surface area (Å²) < 4.78 is 13.5. The van der Waals surface area contributed by atoms with Crippen LogP contribution in [-0.4, -0.2) is 22.5 Å². The molecule has 1 aromatic carbocycles. The second-order valence-corrected chi connectivity index (χ2v) is 4.16. The minimum atomic E-state index is -0.325. The average molecular weight is 259 g/mol. The summed E-state index contributed by atoms with van der Waals surface area (Å²) in [6, 6.07) is 9.83. The molecule has 98 valence electrons. The molecule has 1 aromatic heterocycles. The Kier molecular flexibility index (Phi) is 4.18. The van der Waals surface area contributed by atoms with Gasteiger partial charge in [-0.3, -0.25) is 4.79 Å². The van der Waals surface area contributed by atoms with Crippen LogP contribution >= 0.6 is 0 Å². The lowest BCUT2D eigenvalue weighted by Gasteiger charge is -2.05. The summed E-state index contributed by atoms with van der Waals surface area (Å²) in [5.41, 5.74) is 0.903. The summed E-state index contributed by atoms with van der Waals surface area (Å²) in [4.78, 5) is 10.8. The third kappa shape index (κ3) is 3.58. The van der Waals surface area contributed by atoms with E-state index in [0.29, 0.717) is 30.0 Å². The van der Waals surface area contributed by atoms with Crippen LogP contribution in [-0.2, 0) is 4.79 Å². The number of carbonyl (C=O) groups excluding carboxylic acids is 1. The first-order valence-electron chi connectivity index (χ1n) is 5.99. The lowest BCUT2D eigenvalue weighted by molar-refractivity contribution is -0.116. The summed E-state index contributed by atoms with van der Waals surface area (Å²) in [5.74, 6) is 0.360. The molecule has 0 radical (unpaired) electrons. The van der Waals surface area contributed by atoms with Crippen LogP contribution in [0.15, 0.2) is 36.4 Å². The molecule has 0 saturated carbocycles. The highest BCUT2D eigenvalue weighted by molar-refractivity contribution is 5.75. The number of aromatic nitrogens is 2. The Hall–Kier alpha value is -2.30. The zero-order valence-corrected chi connectivity index (χ0v) is 10.6. The average Bonchev–Trinajstić information content (AvgIpc) is 2.40. The molecule has 5 heteroatoms. The van der Waals surface area contributed by atoms with Crippen LogP contribution in [0.3, 0.4) is 0 Å². The van der Waals surface area contributed by atoms with Crippen LogP contribution in [0.4, 0.5) is 10.2 Å². The predicted octanol–water partition coefficient (Wildman–Crippen LogP) is 2.67. The fourth-order valence-electron chi connectivity index (χ4n) is 1.61. The van der Waals surface area contributed by atoms with Crippen LogP contribution in [0.2, 0.25) is 0 Å². The van der Waals surface area contributed by atoms with Crippen LogP contribution in [0.5, 0.6) is 0 Å². The fourth-order valence-corrected chi connectivity index (χ4v) is 1.61. The van der Waals surface area contributed by atoms with Crippen molar-refractivity contribution in [1.82, 2.24) is 10.2 Å². The monoisotopic (exact) mass is 259 g/mol. The van der Waals surface area contributed by atoms with E-state index >= 15 is 0 Å². The minimum absolute atomic E-state index is 0.114. The molecular formula is C14H14FN3O. The van der Waals surface area contributed by atoms with Crippen LogP contribution in [0, 0.1) is 5.82 Å². The number of nitrogens with one attached hydrogen (secondary N) is 1. The zero-order chi connectivity index (χ0) is 13.7. The van der Waals surface area contributed by atoms with Crippen molar-refractivity contribution < 1.29 is 9.18 Å². The smallest absolute Gasteiger partial charge is 0.148 e. The highest BCUT2D eigenvalue weighted by Crippen LogP contribution is 2.20. The molecule has 0 aliphatic carbocycles. The molecule has 19 heavy (non-hydrogen) atoms. The summed E-state index contributed by atoms with van der Waals surface area (Å²) in [6.45, 7) is 2.05. The molecule has 0 amide bonds. The highest BCUT2D eigenvalue weighted by atomic mass is 19.1. The normalized spacial score (nSPS) is 10.2. The molecule has 0 spiro atoms. The number of ketones is 1. The number of anilines is 1. The molecule has 0 aliphatic heterocycles. The van der Waals surface area contributed by atoms with Crippen molar-refractivity contribution >= 4 is 11.6 Å². The van der Waals surface area contributed by atoms with Gasteiger partial charge in [-0.1, -0.05) is 12.1 Å². The lowest BCUT2D eigenvalue weighted by Crippen LogP contribution is -2.07. The quantitative estimate of drug-likeness (QED) is 0.897. The zero-order valence-electron chi connectivity index (χ0n) is 10.6. The Labute approximate surface area is 110 Å². The lowest BCUT2D eigenvalue weighted by atomic mass is 10.1. The van der Waals surface area contributed by atoms with Crippen molar-refractivity contribution in [3.63, 3.8) is 0 Å². The van der Waals surface area contributed by atoms with E-state index in [9.17, 15) is 9.18 Å². The molecule has 0 atom stereocenters. The van der Waals surface area contributed by atoms with Crippen molar-refractivity contribution in [1.29, 1.82) is 0 Å². The van der Waals surface area contributed by atoms with Gasteiger partial charge in [0.05, 0.1) is 5.69 Å². The molecule has 0 fully saturated rings. The summed E-state index contributed by atoms with van der Waals surface area (Å²) in [5, 5.41) is 10.9. The Morgan fingerprint density at radius 1 is 1.21 bits per heavy atom. The van der Waals surface area contributed by atoms with E-state index in [2.05, 4.69) is 15.5 Å². The first-order valence-corrected chi connectivity index (χ1v) is 5.99. The number of carbonyl (C=O) groups is 1. The largest absolute Gasteiger partial charge is 0.368 e. The molecule has 4 nitrogen and oxygen atoms in total. The molecule has 0 saturated heterocycles. The van der Waals surface area contributed by atoms with Gasteiger partial charge in [0.15, 0.2) is 0 Å². The highest BCUT2D eigenvalue weighted by Gasteiger charge is 2.06. The van der Waals surface area contributed by atoms with Crippen LogP contribution in [0.25, 0.3) is 11.3 Å². The number of Topliss-reactive ketones (excluding diaryl/α,β-unsaturated/α-hetero) is 1. The summed E-state index contributed by atoms with van der Waals surface area (Å²) in [6.07, 6.45) is 0.441. The van der Waals surface area contributed by atoms with Gasteiger partial charge < -0.3 is 5.32 Å². The third-order valence-corrected chi connectivity index (χ3v) is 2.60. The Bertz CT molecular complexity index is 569. The number of hydrogen-bond acceptors (Lipinski definition) is 4. The van der Waals surface area contributed by atoms with Gasteiger partial charge in [-0.05, 0) is 31.2 Å². The molecule has 0 unspecified atom stereocenters. The van der Waals surface area contributed by atoms with E-state index in [1.165, 1.54) is 13.0 Å². The second kappa shape index (κ2) is 6.04.